The number of hydrazone groups is 1. The molecule has 0 radical (unpaired) electrons. The number of imide groups is 1. The average Bonchev–Trinajstić information content (AvgIpc) is 3.31. The second-order valence-corrected chi connectivity index (χ2v) is 11.2. The molecule has 2 atom stereocenters. The zero-order valence-corrected chi connectivity index (χ0v) is 22.8. The Labute approximate surface area is 246 Å². The minimum Gasteiger partial charge on any atom is -0.274 e. The summed E-state index contributed by atoms with van der Waals surface area (Å²) < 4.78 is 13.8. The Hall–Kier alpha value is -5.43. The number of rotatable bonds is 4. The summed E-state index contributed by atoms with van der Waals surface area (Å²) in [5, 5.41) is 6.25. The van der Waals surface area contributed by atoms with Crippen LogP contribution in [0.2, 0.25) is 0 Å². The maximum atomic E-state index is 14.4. The number of halogens is 1. The fourth-order valence-electron chi connectivity index (χ4n) is 7.57. The van der Waals surface area contributed by atoms with Crippen LogP contribution >= 0.6 is 0 Å². The van der Waals surface area contributed by atoms with Gasteiger partial charge in [-0.1, -0.05) is 84.9 Å². The van der Waals surface area contributed by atoms with Crippen LogP contribution in [0, 0.1) is 17.7 Å². The second kappa shape index (κ2) is 9.29. The predicted molar refractivity (Wildman–Crippen MR) is 161 cm³/mol. The molecule has 6 nitrogen and oxygen atoms in total. The lowest BCUT2D eigenvalue weighted by molar-refractivity contribution is -0.122. The highest BCUT2D eigenvalue weighted by molar-refractivity contribution is 6.25. The number of amides is 3. The number of benzene rings is 5. The Kier molecular flexibility index (Phi) is 5.46. The Bertz CT molecular complexity index is 1970. The van der Waals surface area contributed by atoms with Gasteiger partial charge in [0.15, 0.2) is 0 Å². The van der Waals surface area contributed by atoms with E-state index in [1.807, 2.05) is 84.9 Å². The fraction of sp³-hybridized carbons (Fsp3) is 0.111. The van der Waals surface area contributed by atoms with Crippen LogP contribution < -0.4 is 10.3 Å². The van der Waals surface area contributed by atoms with Gasteiger partial charge in [-0.3, -0.25) is 14.4 Å². The molecule has 1 aliphatic heterocycles. The molecular formula is C36H24FN3O3. The first kappa shape index (κ1) is 25.3. The monoisotopic (exact) mass is 565 g/mol. The summed E-state index contributed by atoms with van der Waals surface area (Å²) in [5.41, 5.74) is 6.06. The molecule has 9 rings (SSSR count). The zero-order valence-electron chi connectivity index (χ0n) is 22.8. The second-order valence-electron chi connectivity index (χ2n) is 11.2. The minimum atomic E-state index is -1.12. The van der Waals surface area contributed by atoms with Crippen LogP contribution in [0.5, 0.6) is 0 Å². The first-order chi connectivity index (χ1) is 21.0. The quantitative estimate of drug-likeness (QED) is 0.166. The normalized spacial score (nSPS) is 23.4. The van der Waals surface area contributed by atoms with Gasteiger partial charge in [0.05, 0.1) is 22.9 Å². The highest BCUT2D eigenvalue weighted by Crippen LogP contribution is 2.63. The summed E-state index contributed by atoms with van der Waals surface area (Å²) in [6, 6.07) is 34.2. The van der Waals surface area contributed by atoms with Gasteiger partial charge in [0.25, 0.3) is 5.91 Å². The molecule has 5 aromatic carbocycles. The van der Waals surface area contributed by atoms with E-state index in [9.17, 15) is 18.8 Å². The Morgan fingerprint density at radius 3 is 2.12 bits per heavy atom. The SMILES string of the molecule is O=C(N/N=C\C12c3ccccc3C(c3ccccc31)[C@@H]1C(=O)N(c3ccc(F)cc3)C(=O)[C@@H]12)c1cccc2ccccc12. The largest absolute Gasteiger partial charge is 0.274 e. The van der Waals surface area contributed by atoms with Crippen LogP contribution in [0.3, 0.4) is 0 Å². The fourth-order valence-corrected chi connectivity index (χ4v) is 7.57. The zero-order chi connectivity index (χ0) is 29.3. The van der Waals surface area contributed by atoms with Crippen LogP contribution in [0.4, 0.5) is 10.1 Å². The summed E-state index contributed by atoms with van der Waals surface area (Å²) in [4.78, 5) is 43.2. The summed E-state index contributed by atoms with van der Waals surface area (Å²) in [7, 11) is 0. The van der Waals surface area contributed by atoms with E-state index in [1.54, 1.807) is 12.3 Å². The molecule has 7 heteroatoms. The molecule has 208 valence electrons. The third kappa shape index (κ3) is 3.45. The van der Waals surface area contributed by atoms with E-state index >= 15 is 0 Å². The number of nitrogens with one attached hydrogen (secondary N) is 1. The number of carbonyl (C=O) groups excluding carboxylic acids is 3. The van der Waals surface area contributed by atoms with Crippen LogP contribution in [-0.2, 0) is 15.0 Å². The van der Waals surface area contributed by atoms with Crippen LogP contribution in [-0.4, -0.2) is 23.9 Å². The van der Waals surface area contributed by atoms with Gasteiger partial charge in [0, 0.05) is 17.7 Å². The first-order valence-corrected chi connectivity index (χ1v) is 14.2. The maximum absolute atomic E-state index is 14.4. The number of hydrogen-bond donors (Lipinski definition) is 1. The Balaban J connectivity index is 1.28. The van der Waals surface area contributed by atoms with Gasteiger partial charge >= 0.3 is 0 Å². The first-order valence-electron chi connectivity index (χ1n) is 14.2. The molecule has 1 N–H and O–H groups in total. The van der Waals surface area contributed by atoms with Gasteiger partial charge in [-0.25, -0.2) is 14.7 Å². The minimum absolute atomic E-state index is 0.326. The van der Waals surface area contributed by atoms with Gasteiger partial charge in [0.2, 0.25) is 11.8 Å². The number of carbonyl (C=O) groups is 3. The van der Waals surface area contributed by atoms with E-state index in [1.165, 1.54) is 29.2 Å². The molecule has 2 bridgehead atoms. The van der Waals surface area contributed by atoms with E-state index in [2.05, 4.69) is 10.5 Å². The molecule has 1 saturated heterocycles. The van der Waals surface area contributed by atoms with Crippen molar-refractivity contribution in [2.75, 3.05) is 4.90 Å². The predicted octanol–water partition coefficient (Wildman–Crippen LogP) is 5.95. The topological polar surface area (TPSA) is 78.8 Å². The van der Waals surface area contributed by atoms with Crippen molar-refractivity contribution >= 4 is 40.4 Å². The van der Waals surface area contributed by atoms with E-state index in [-0.39, 0.29) is 23.6 Å². The molecule has 3 aliphatic carbocycles. The molecule has 4 aliphatic rings. The molecule has 0 unspecified atom stereocenters. The summed E-state index contributed by atoms with van der Waals surface area (Å²) in [6.07, 6.45) is 1.64. The molecule has 3 amide bonds. The van der Waals surface area contributed by atoms with Crippen molar-refractivity contribution < 1.29 is 18.8 Å². The summed E-state index contributed by atoms with van der Waals surface area (Å²) in [6.45, 7) is 0. The molecule has 0 aromatic heterocycles. The van der Waals surface area contributed by atoms with Crippen LogP contribution in [0.15, 0.2) is 120 Å². The molecule has 0 saturated carbocycles. The third-order valence-corrected chi connectivity index (χ3v) is 9.24. The van der Waals surface area contributed by atoms with Crippen molar-refractivity contribution in [1.29, 1.82) is 0 Å². The number of anilines is 1. The average molecular weight is 566 g/mol. The van der Waals surface area contributed by atoms with E-state index in [0.717, 1.165) is 33.0 Å². The van der Waals surface area contributed by atoms with Crippen molar-refractivity contribution in [2.45, 2.75) is 11.3 Å². The summed E-state index contributed by atoms with van der Waals surface area (Å²) in [5.74, 6) is -3.37. The standard InChI is InChI=1S/C36H24FN3O3/c37-22-16-18-23(19-17-22)40-34(42)31-30-26-11-3-5-14-28(26)36(32(31)35(40)43,29-15-6-4-12-27(29)30)20-38-39-33(41)25-13-7-9-21-8-1-2-10-24(21)25/h1-20,30-32H,(H,39,41)/b38-20-/t30?,31-,32+,36?/m0/s1. The van der Waals surface area contributed by atoms with E-state index in [4.69, 9.17) is 0 Å². The van der Waals surface area contributed by atoms with Crippen molar-refractivity contribution in [3.05, 3.63) is 149 Å². The van der Waals surface area contributed by atoms with Gasteiger partial charge in [0.1, 0.15) is 5.82 Å². The molecule has 1 heterocycles. The third-order valence-electron chi connectivity index (χ3n) is 9.24. The molecule has 1 fully saturated rings. The maximum Gasteiger partial charge on any atom is 0.271 e. The number of fused-ring (bicyclic) bond motifs is 1. The van der Waals surface area contributed by atoms with Crippen molar-refractivity contribution in [1.82, 2.24) is 5.43 Å². The van der Waals surface area contributed by atoms with Crippen LogP contribution in [0.25, 0.3) is 10.8 Å². The van der Waals surface area contributed by atoms with Gasteiger partial charge in [-0.2, -0.15) is 5.10 Å². The van der Waals surface area contributed by atoms with E-state index in [0.29, 0.717) is 11.3 Å². The van der Waals surface area contributed by atoms with Crippen molar-refractivity contribution in [2.24, 2.45) is 16.9 Å². The highest BCUT2D eigenvalue weighted by Gasteiger charge is 2.68. The van der Waals surface area contributed by atoms with Gasteiger partial charge in [-0.15, -0.1) is 0 Å². The molecule has 43 heavy (non-hydrogen) atoms. The van der Waals surface area contributed by atoms with Gasteiger partial charge < -0.3 is 0 Å². The Morgan fingerprint density at radius 1 is 0.767 bits per heavy atom. The van der Waals surface area contributed by atoms with E-state index < -0.39 is 23.1 Å². The Morgan fingerprint density at radius 2 is 1.40 bits per heavy atom. The highest BCUT2D eigenvalue weighted by atomic mass is 19.1. The lowest BCUT2D eigenvalue weighted by Crippen LogP contribution is -2.54. The molecule has 5 aromatic rings. The molecular weight excluding hydrogens is 541 g/mol. The summed E-state index contributed by atoms with van der Waals surface area (Å²) >= 11 is 0. The number of nitrogens with zero attached hydrogens (tertiary/aromatic N) is 2. The van der Waals surface area contributed by atoms with Crippen molar-refractivity contribution in [3.63, 3.8) is 0 Å². The lowest BCUT2D eigenvalue weighted by Gasteiger charge is -2.52. The molecule has 0 spiro atoms. The number of hydrogen-bond acceptors (Lipinski definition) is 4. The smallest absolute Gasteiger partial charge is 0.271 e. The van der Waals surface area contributed by atoms with Gasteiger partial charge in [-0.05, 0) is 63.4 Å². The van der Waals surface area contributed by atoms with Crippen molar-refractivity contribution in [3.8, 4) is 0 Å². The lowest BCUT2D eigenvalue weighted by atomic mass is 9.47. The van der Waals surface area contributed by atoms with Crippen LogP contribution in [0.1, 0.15) is 38.5 Å².